The highest BCUT2D eigenvalue weighted by atomic mass is 16.5. The zero-order valence-electron chi connectivity index (χ0n) is 13.7. The molecule has 0 aromatic carbocycles. The van der Waals surface area contributed by atoms with Crippen LogP contribution < -0.4 is 5.32 Å². The van der Waals surface area contributed by atoms with Gasteiger partial charge in [-0.3, -0.25) is 0 Å². The normalized spacial score (nSPS) is 34.1. The second-order valence-corrected chi connectivity index (χ2v) is 7.47. The smallest absolute Gasteiger partial charge is 0.0685 e. The molecule has 21 heavy (non-hydrogen) atoms. The van der Waals surface area contributed by atoms with Gasteiger partial charge in [-0.2, -0.15) is 0 Å². The molecule has 0 aromatic heterocycles. The second kappa shape index (κ2) is 7.43. The van der Waals surface area contributed by atoms with Crippen molar-refractivity contribution in [1.29, 1.82) is 0 Å². The lowest BCUT2D eigenvalue weighted by Crippen LogP contribution is -2.48. The lowest BCUT2D eigenvalue weighted by atomic mass is 9.73. The van der Waals surface area contributed by atoms with Crippen LogP contribution in [0.3, 0.4) is 0 Å². The van der Waals surface area contributed by atoms with E-state index in [0.717, 1.165) is 38.2 Å². The van der Waals surface area contributed by atoms with Gasteiger partial charge < -0.3 is 14.8 Å². The largest absolute Gasteiger partial charge is 0.381 e. The average molecular weight is 295 g/mol. The van der Waals surface area contributed by atoms with Crippen molar-refractivity contribution in [3.8, 4) is 0 Å². The molecule has 0 radical (unpaired) electrons. The summed E-state index contributed by atoms with van der Waals surface area (Å²) in [5, 5.41) is 3.79. The maximum Gasteiger partial charge on any atom is 0.0685 e. The van der Waals surface area contributed by atoms with Gasteiger partial charge in [-0.1, -0.05) is 26.2 Å². The number of hydrogen-bond acceptors (Lipinski definition) is 3. The third kappa shape index (κ3) is 4.00. The monoisotopic (exact) mass is 295 g/mol. The first-order valence-corrected chi connectivity index (χ1v) is 9.26. The first-order chi connectivity index (χ1) is 10.3. The van der Waals surface area contributed by atoms with E-state index >= 15 is 0 Å². The van der Waals surface area contributed by atoms with Gasteiger partial charge in [0, 0.05) is 25.9 Å². The van der Waals surface area contributed by atoms with E-state index in [2.05, 4.69) is 12.2 Å². The van der Waals surface area contributed by atoms with Crippen molar-refractivity contribution in [1.82, 2.24) is 5.32 Å². The molecular formula is C18H33NO2. The Bertz CT molecular complexity index is 303. The van der Waals surface area contributed by atoms with E-state index in [4.69, 9.17) is 9.47 Å². The number of nitrogens with one attached hydrogen (secondary N) is 1. The zero-order chi connectivity index (χ0) is 14.5. The van der Waals surface area contributed by atoms with E-state index in [1.807, 2.05) is 0 Å². The van der Waals surface area contributed by atoms with E-state index in [9.17, 15) is 0 Å². The van der Waals surface area contributed by atoms with Gasteiger partial charge in [0.1, 0.15) is 0 Å². The van der Waals surface area contributed by atoms with Gasteiger partial charge in [0.2, 0.25) is 0 Å². The summed E-state index contributed by atoms with van der Waals surface area (Å²) in [6, 6.07) is 0.671. The van der Waals surface area contributed by atoms with Gasteiger partial charge in [0.25, 0.3) is 0 Å². The molecule has 2 heterocycles. The third-order valence-corrected chi connectivity index (χ3v) is 5.94. The average Bonchev–Trinajstić information content (AvgIpc) is 3.01. The summed E-state index contributed by atoms with van der Waals surface area (Å²) in [7, 11) is 0. The summed E-state index contributed by atoms with van der Waals surface area (Å²) in [4.78, 5) is 0. The lowest BCUT2D eigenvalue weighted by Gasteiger charge is -2.46. The van der Waals surface area contributed by atoms with Gasteiger partial charge in [-0.25, -0.2) is 0 Å². The molecule has 0 aromatic rings. The molecule has 3 heteroatoms. The molecule has 2 saturated heterocycles. The molecule has 3 fully saturated rings. The van der Waals surface area contributed by atoms with Crippen LogP contribution >= 0.6 is 0 Å². The van der Waals surface area contributed by atoms with Crippen molar-refractivity contribution in [3.63, 3.8) is 0 Å². The maximum absolute atomic E-state index is 6.28. The minimum Gasteiger partial charge on any atom is -0.381 e. The fourth-order valence-corrected chi connectivity index (χ4v) is 4.79. The molecule has 0 bridgehead atoms. The molecule has 0 amide bonds. The Morgan fingerprint density at radius 2 is 2.00 bits per heavy atom. The lowest BCUT2D eigenvalue weighted by molar-refractivity contribution is -0.122. The highest BCUT2D eigenvalue weighted by Gasteiger charge is 2.41. The highest BCUT2D eigenvalue weighted by Crippen LogP contribution is 2.42. The SMILES string of the molecule is CCNC(CC1CCOC1)C1CCOC2(CCCCC2)C1. The van der Waals surface area contributed by atoms with Crippen LogP contribution in [0.1, 0.15) is 64.7 Å². The predicted molar refractivity (Wildman–Crippen MR) is 85.5 cm³/mol. The van der Waals surface area contributed by atoms with E-state index in [-0.39, 0.29) is 5.60 Å². The molecule has 3 unspecified atom stereocenters. The van der Waals surface area contributed by atoms with Crippen LogP contribution in [0.15, 0.2) is 0 Å². The molecule has 122 valence electrons. The number of ether oxygens (including phenoxy) is 2. The first kappa shape index (κ1) is 15.8. The minimum atomic E-state index is 0.237. The van der Waals surface area contributed by atoms with E-state index < -0.39 is 0 Å². The molecule has 3 aliphatic rings. The highest BCUT2D eigenvalue weighted by molar-refractivity contribution is 4.93. The van der Waals surface area contributed by atoms with Crippen molar-refractivity contribution in [3.05, 3.63) is 0 Å². The Labute approximate surface area is 130 Å². The molecule has 2 aliphatic heterocycles. The molecule has 1 N–H and O–H groups in total. The van der Waals surface area contributed by atoms with E-state index in [0.29, 0.717) is 6.04 Å². The van der Waals surface area contributed by atoms with E-state index in [1.165, 1.54) is 57.8 Å². The van der Waals surface area contributed by atoms with Crippen LogP contribution in [0.25, 0.3) is 0 Å². The summed E-state index contributed by atoms with van der Waals surface area (Å²) < 4.78 is 11.9. The van der Waals surface area contributed by atoms with Crippen molar-refractivity contribution < 1.29 is 9.47 Å². The van der Waals surface area contributed by atoms with Crippen molar-refractivity contribution in [2.75, 3.05) is 26.4 Å². The Balaban J connectivity index is 1.60. The summed E-state index contributed by atoms with van der Waals surface area (Å²) in [6.07, 6.45) is 11.8. The van der Waals surface area contributed by atoms with E-state index in [1.54, 1.807) is 0 Å². The Morgan fingerprint density at radius 1 is 1.14 bits per heavy atom. The molecule has 3 nitrogen and oxygen atoms in total. The summed E-state index contributed by atoms with van der Waals surface area (Å²) in [5.41, 5.74) is 0.237. The molecule has 1 aliphatic carbocycles. The van der Waals surface area contributed by atoms with Gasteiger partial charge in [0.05, 0.1) is 5.60 Å². The molecule has 3 rings (SSSR count). The Morgan fingerprint density at radius 3 is 2.71 bits per heavy atom. The molecular weight excluding hydrogens is 262 g/mol. The van der Waals surface area contributed by atoms with Crippen LogP contribution in [0.2, 0.25) is 0 Å². The van der Waals surface area contributed by atoms with Gasteiger partial charge in [0.15, 0.2) is 0 Å². The van der Waals surface area contributed by atoms with Crippen LogP contribution in [0.5, 0.6) is 0 Å². The predicted octanol–water partition coefficient (Wildman–Crippen LogP) is 3.52. The van der Waals surface area contributed by atoms with Crippen molar-refractivity contribution in [2.45, 2.75) is 76.4 Å². The second-order valence-electron chi connectivity index (χ2n) is 7.47. The summed E-state index contributed by atoms with van der Waals surface area (Å²) in [5.74, 6) is 1.58. The quantitative estimate of drug-likeness (QED) is 0.842. The van der Waals surface area contributed by atoms with Gasteiger partial charge in [-0.05, 0) is 56.9 Å². The van der Waals surface area contributed by atoms with Crippen molar-refractivity contribution in [2.24, 2.45) is 11.8 Å². The van der Waals surface area contributed by atoms with Crippen LogP contribution in [0.4, 0.5) is 0 Å². The zero-order valence-corrected chi connectivity index (χ0v) is 13.7. The fourth-order valence-electron chi connectivity index (χ4n) is 4.79. The van der Waals surface area contributed by atoms with Crippen LogP contribution in [-0.4, -0.2) is 38.0 Å². The molecule has 1 spiro atoms. The molecule has 1 saturated carbocycles. The summed E-state index contributed by atoms with van der Waals surface area (Å²) in [6.45, 7) is 6.27. The topological polar surface area (TPSA) is 30.5 Å². The molecule has 3 atom stereocenters. The Kier molecular flexibility index (Phi) is 5.58. The van der Waals surface area contributed by atoms with Crippen molar-refractivity contribution >= 4 is 0 Å². The number of hydrogen-bond donors (Lipinski definition) is 1. The minimum absolute atomic E-state index is 0.237. The third-order valence-electron chi connectivity index (χ3n) is 5.94. The number of rotatable bonds is 5. The van der Waals surface area contributed by atoms with Gasteiger partial charge in [-0.15, -0.1) is 0 Å². The van der Waals surface area contributed by atoms with Crippen LogP contribution in [-0.2, 0) is 9.47 Å². The van der Waals surface area contributed by atoms with Gasteiger partial charge >= 0.3 is 0 Å². The maximum atomic E-state index is 6.28. The Hall–Kier alpha value is -0.120. The first-order valence-electron chi connectivity index (χ1n) is 9.26. The van der Waals surface area contributed by atoms with Crippen LogP contribution in [0, 0.1) is 11.8 Å². The fraction of sp³-hybridized carbons (Fsp3) is 1.00. The standard InChI is InChI=1S/C18H33NO2/c1-2-19-17(12-15-6-10-20-14-15)16-7-11-21-18(13-16)8-4-3-5-9-18/h15-17,19H,2-14H2,1H3. The summed E-state index contributed by atoms with van der Waals surface area (Å²) >= 11 is 0.